The second-order valence-electron chi connectivity index (χ2n) is 6.55. The maximum Gasteiger partial charge on any atom is 0.177 e. The normalized spacial score (nSPS) is 15.4. The molecule has 0 radical (unpaired) electrons. The minimum absolute atomic E-state index is 0.827. The predicted molar refractivity (Wildman–Crippen MR) is 105 cm³/mol. The molecule has 6 heteroatoms. The third-order valence-corrected chi connectivity index (χ3v) is 5.86. The lowest BCUT2D eigenvalue weighted by Crippen LogP contribution is -2.46. The molecule has 1 aromatic carbocycles. The van der Waals surface area contributed by atoms with Crippen molar-refractivity contribution in [2.45, 2.75) is 13.5 Å². The first kappa shape index (κ1) is 17.1. The Morgan fingerprint density at radius 2 is 1.96 bits per heavy atom. The molecule has 1 saturated heterocycles. The zero-order valence-corrected chi connectivity index (χ0v) is 16.0. The Morgan fingerprint density at radius 3 is 2.69 bits per heavy atom. The molecule has 0 unspecified atom stereocenters. The van der Waals surface area contributed by atoms with Crippen LogP contribution in [0.3, 0.4) is 0 Å². The maximum absolute atomic E-state index is 5.56. The number of aromatic nitrogens is 1. The van der Waals surface area contributed by atoms with Crippen molar-refractivity contribution in [1.82, 2.24) is 10.1 Å². The number of rotatable bonds is 5. The topological polar surface area (TPSA) is 41.7 Å². The largest absolute Gasteiger partial charge is 0.495 e. The van der Waals surface area contributed by atoms with E-state index in [-0.39, 0.29) is 0 Å². The van der Waals surface area contributed by atoms with E-state index in [9.17, 15) is 0 Å². The summed E-state index contributed by atoms with van der Waals surface area (Å²) in [7, 11) is 1.73. The molecule has 3 aromatic rings. The van der Waals surface area contributed by atoms with Gasteiger partial charge in [-0.15, -0.1) is 11.3 Å². The number of hydrogen-bond acceptors (Lipinski definition) is 6. The molecule has 2 aromatic heterocycles. The highest BCUT2D eigenvalue weighted by Gasteiger charge is 2.21. The fourth-order valence-corrected chi connectivity index (χ4v) is 4.26. The van der Waals surface area contributed by atoms with E-state index in [2.05, 4.69) is 51.5 Å². The quantitative estimate of drug-likeness (QED) is 0.679. The van der Waals surface area contributed by atoms with Crippen LogP contribution in [0.2, 0.25) is 0 Å². The number of ether oxygens (including phenoxy) is 1. The summed E-state index contributed by atoms with van der Waals surface area (Å²) in [5.74, 6) is 1.81. The van der Waals surface area contributed by atoms with Crippen molar-refractivity contribution >= 4 is 17.0 Å². The van der Waals surface area contributed by atoms with Gasteiger partial charge in [0.15, 0.2) is 5.76 Å². The lowest BCUT2D eigenvalue weighted by Gasteiger charge is -2.36. The number of thiophene rings is 1. The molecule has 1 fully saturated rings. The van der Waals surface area contributed by atoms with Crippen LogP contribution >= 0.6 is 11.3 Å². The lowest BCUT2D eigenvalue weighted by atomic mass is 10.2. The number of piperazine rings is 1. The first-order valence-corrected chi connectivity index (χ1v) is 9.73. The minimum atomic E-state index is 0.827. The van der Waals surface area contributed by atoms with Crippen LogP contribution < -0.4 is 9.64 Å². The molecule has 3 heterocycles. The number of nitrogens with zero attached hydrogens (tertiary/aromatic N) is 3. The predicted octanol–water partition coefficient (Wildman–Crippen LogP) is 4.04. The maximum atomic E-state index is 5.56. The van der Waals surface area contributed by atoms with E-state index in [0.29, 0.717) is 0 Å². The fraction of sp³-hybridized carbons (Fsp3) is 0.350. The molecule has 5 nitrogen and oxygen atoms in total. The van der Waals surface area contributed by atoms with E-state index in [1.54, 1.807) is 18.4 Å². The van der Waals surface area contributed by atoms with Crippen molar-refractivity contribution in [2.75, 3.05) is 38.2 Å². The third kappa shape index (κ3) is 3.48. The Bertz CT molecular complexity index is 865. The molecule has 1 aliphatic heterocycles. The van der Waals surface area contributed by atoms with Crippen LogP contribution in [0, 0.1) is 6.92 Å². The number of anilines is 1. The third-order valence-electron chi connectivity index (χ3n) is 4.83. The number of benzene rings is 1. The molecule has 0 amide bonds. The molecule has 0 atom stereocenters. The summed E-state index contributed by atoms with van der Waals surface area (Å²) in [6, 6.07) is 12.4. The SMILES string of the molecule is COc1ccccc1N1CCN(Cc2cc(-c3sccc3C)on2)CC1. The summed E-state index contributed by atoms with van der Waals surface area (Å²) < 4.78 is 11.1. The monoisotopic (exact) mass is 369 g/mol. The smallest absolute Gasteiger partial charge is 0.177 e. The van der Waals surface area contributed by atoms with Crippen molar-refractivity contribution in [3.05, 3.63) is 53.0 Å². The average Bonchev–Trinajstić information content (AvgIpc) is 3.31. The summed E-state index contributed by atoms with van der Waals surface area (Å²) in [6.07, 6.45) is 0. The van der Waals surface area contributed by atoms with Crippen LogP contribution in [0.4, 0.5) is 5.69 Å². The van der Waals surface area contributed by atoms with E-state index in [0.717, 1.165) is 49.9 Å². The van der Waals surface area contributed by atoms with Crippen molar-refractivity contribution in [1.29, 1.82) is 0 Å². The zero-order chi connectivity index (χ0) is 17.9. The molecule has 0 bridgehead atoms. The highest BCUT2D eigenvalue weighted by Crippen LogP contribution is 2.30. The van der Waals surface area contributed by atoms with Crippen molar-refractivity contribution in [3.63, 3.8) is 0 Å². The zero-order valence-electron chi connectivity index (χ0n) is 15.1. The average molecular weight is 369 g/mol. The standard InChI is InChI=1S/C20H23N3O2S/c1-15-7-12-26-20(15)19-13-16(21-25-19)14-22-8-10-23(11-9-22)17-5-3-4-6-18(17)24-2/h3-7,12-13H,8-11,14H2,1-2H3. The number of hydrogen-bond donors (Lipinski definition) is 0. The first-order valence-electron chi connectivity index (χ1n) is 8.85. The van der Waals surface area contributed by atoms with E-state index < -0.39 is 0 Å². The van der Waals surface area contributed by atoms with Gasteiger partial charge in [-0.3, -0.25) is 4.90 Å². The summed E-state index contributed by atoms with van der Waals surface area (Å²) in [5, 5.41) is 6.36. The second kappa shape index (κ2) is 7.51. The van der Waals surface area contributed by atoms with Gasteiger partial charge in [-0.2, -0.15) is 0 Å². The van der Waals surface area contributed by atoms with E-state index in [4.69, 9.17) is 9.26 Å². The Labute approximate surface area is 157 Å². The van der Waals surface area contributed by atoms with E-state index in [1.165, 1.54) is 16.1 Å². The Hall–Kier alpha value is -2.31. The van der Waals surface area contributed by atoms with Crippen molar-refractivity contribution < 1.29 is 9.26 Å². The molecule has 0 saturated carbocycles. The molecule has 0 N–H and O–H groups in total. The van der Waals surface area contributed by atoms with Crippen molar-refractivity contribution in [2.24, 2.45) is 0 Å². The molecule has 0 spiro atoms. The summed E-state index contributed by atoms with van der Waals surface area (Å²) in [4.78, 5) is 5.98. The molecule has 4 rings (SSSR count). The van der Waals surface area contributed by atoms with Crippen LogP contribution in [-0.4, -0.2) is 43.3 Å². The van der Waals surface area contributed by atoms with Crippen LogP contribution in [0.25, 0.3) is 10.6 Å². The van der Waals surface area contributed by atoms with Gasteiger partial charge in [-0.05, 0) is 36.1 Å². The minimum Gasteiger partial charge on any atom is -0.495 e. The number of methoxy groups -OCH3 is 1. The van der Waals surface area contributed by atoms with Gasteiger partial charge in [-0.1, -0.05) is 17.3 Å². The summed E-state index contributed by atoms with van der Waals surface area (Å²) in [5.41, 5.74) is 3.41. The van der Waals surface area contributed by atoms with Gasteiger partial charge < -0.3 is 14.2 Å². The number of para-hydroxylation sites is 2. The Morgan fingerprint density at radius 1 is 1.15 bits per heavy atom. The molecule has 26 heavy (non-hydrogen) atoms. The summed E-state index contributed by atoms with van der Waals surface area (Å²) in [6.45, 7) is 6.89. The van der Waals surface area contributed by atoms with Crippen molar-refractivity contribution in [3.8, 4) is 16.4 Å². The van der Waals surface area contributed by atoms with Gasteiger partial charge in [-0.25, -0.2) is 0 Å². The highest BCUT2D eigenvalue weighted by atomic mass is 32.1. The molecular weight excluding hydrogens is 346 g/mol. The highest BCUT2D eigenvalue weighted by molar-refractivity contribution is 7.13. The fourth-order valence-electron chi connectivity index (χ4n) is 3.39. The second-order valence-corrected chi connectivity index (χ2v) is 7.47. The van der Waals surface area contributed by atoms with Crippen LogP contribution in [0.1, 0.15) is 11.3 Å². The van der Waals surface area contributed by atoms with Crippen LogP contribution in [-0.2, 0) is 6.54 Å². The summed E-state index contributed by atoms with van der Waals surface area (Å²) >= 11 is 1.70. The van der Waals surface area contributed by atoms with Gasteiger partial charge in [0.25, 0.3) is 0 Å². The van der Waals surface area contributed by atoms with Gasteiger partial charge in [0, 0.05) is 38.8 Å². The van der Waals surface area contributed by atoms with Gasteiger partial charge in [0.1, 0.15) is 5.75 Å². The van der Waals surface area contributed by atoms with Gasteiger partial charge >= 0.3 is 0 Å². The van der Waals surface area contributed by atoms with Gasteiger partial charge in [0.05, 0.1) is 23.4 Å². The van der Waals surface area contributed by atoms with E-state index in [1.807, 2.05) is 12.1 Å². The number of aryl methyl sites for hydroxylation is 1. The van der Waals surface area contributed by atoms with Crippen LogP contribution in [0.5, 0.6) is 5.75 Å². The Kier molecular flexibility index (Phi) is 4.95. The molecule has 0 aliphatic carbocycles. The van der Waals surface area contributed by atoms with Gasteiger partial charge in [0.2, 0.25) is 0 Å². The first-order chi connectivity index (χ1) is 12.7. The van der Waals surface area contributed by atoms with E-state index >= 15 is 0 Å². The molecule has 136 valence electrons. The van der Waals surface area contributed by atoms with Crippen LogP contribution in [0.15, 0.2) is 46.3 Å². The molecule has 1 aliphatic rings. The Balaban J connectivity index is 1.37. The molecular formula is C20H23N3O2S. The lowest BCUT2D eigenvalue weighted by molar-refractivity contribution is 0.241.